The molecule has 1 saturated heterocycles. The molecule has 19 heavy (non-hydrogen) atoms. The third kappa shape index (κ3) is 3.57. The van der Waals surface area contributed by atoms with Crippen LogP contribution in [0.5, 0.6) is 0 Å². The average molecular weight is 278 g/mol. The predicted octanol–water partition coefficient (Wildman–Crippen LogP) is 1.21. The van der Waals surface area contributed by atoms with Crippen LogP contribution in [0.25, 0.3) is 0 Å². The average Bonchev–Trinajstić information content (AvgIpc) is 3.02. The molecule has 1 aliphatic rings. The van der Waals surface area contributed by atoms with Gasteiger partial charge in [-0.25, -0.2) is 0 Å². The van der Waals surface area contributed by atoms with E-state index >= 15 is 0 Å². The summed E-state index contributed by atoms with van der Waals surface area (Å²) < 4.78 is 5.48. The van der Waals surface area contributed by atoms with Crippen molar-refractivity contribution in [1.82, 2.24) is 5.32 Å². The van der Waals surface area contributed by atoms with Gasteiger partial charge in [-0.1, -0.05) is 11.8 Å². The van der Waals surface area contributed by atoms with Gasteiger partial charge in [0.2, 0.25) is 0 Å². The second kappa shape index (κ2) is 6.71. The number of ether oxygens (including phenoxy) is 1. The molecule has 1 aromatic heterocycles. The summed E-state index contributed by atoms with van der Waals surface area (Å²) >= 11 is 1.40. The number of hydrogen-bond acceptors (Lipinski definition) is 4. The minimum atomic E-state index is -0.0598. The smallest absolute Gasteiger partial charge is 0.262 e. The Bertz CT molecular complexity index is 501. The highest BCUT2D eigenvalue weighted by Gasteiger charge is 2.25. The van der Waals surface area contributed by atoms with E-state index in [-0.39, 0.29) is 12.0 Å². The zero-order valence-electron chi connectivity index (χ0n) is 10.9. The van der Waals surface area contributed by atoms with Gasteiger partial charge in [-0.15, -0.1) is 11.3 Å². The molecule has 0 aliphatic carbocycles. The van der Waals surface area contributed by atoms with Crippen LogP contribution in [-0.2, 0) is 4.74 Å². The van der Waals surface area contributed by atoms with Crippen molar-refractivity contribution in [3.05, 3.63) is 21.9 Å². The van der Waals surface area contributed by atoms with E-state index in [0.29, 0.717) is 23.9 Å². The van der Waals surface area contributed by atoms with Crippen LogP contribution in [0.2, 0.25) is 0 Å². The van der Waals surface area contributed by atoms with E-state index in [1.165, 1.54) is 11.3 Å². The molecule has 0 saturated carbocycles. The maximum Gasteiger partial charge on any atom is 0.262 e. The quantitative estimate of drug-likeness (QED) is 0.817. The van der Waals surface area contributed by atoms with Gasteiger partial charge in [0.15, 0.2) is 0 Å². The van der Waals surface area contributed by atoms with Gasteiger partial charge in [-0.2, -0.15) is 0 Å². The molecule has 1 aromatic rings. The first-order chi connectivity index (χ1) is 9.22. The molecule has 0 radical (unpaired) electrons. The van der Waals surface area contributed by atoms with E-state index in [0.717, 1.165) is 18.6 Å². The van der Waals surface area contributed by atoms with Gasteiger partial charge in [0.25, 0.3) is 5.91 Å². The highest BCUT2D eigenvalue weighted by Crippen LogP contribution is 2.20. The van der Waals surface area contributed by atoms with Gasteiger partial charge in [-0.05, 0) is 24.8 Å². The van der Waals surface area contributed by atoms with Crippen LogP contribution in [0.4, 0.5) is 0 Å². The first-order valence-electron chi connectivity index (χ1n) is 6.38. The van der Waals surface area contributed by atoms with Crippen LogP contribution >= 0.6 is 11.3 Å². The van der Waals surface area contributed by atoms with E-state index in [4.69, 9.17) is 10.5 Å². The molecule has 2 atom stereocenters. The Balaban J connectivity index is 1.94. The summed E-state index contributed by atoms with van der Waals surface area (Å²) in [6.45, 7) is 3.79. The summed E-state index contributed by atoms with van der Waals surface area (Å²) in [6.07, 6.45) is 1.23. The van der Waals surface area contributed by atoms with Crippen LogP contribution in [0, 0.1) is 17.8 Å². The summed E-state index contributed by atoms with van der Waals surface area (Å²) in [5, 5.41) is 4.84. The van der Waals surface area contributed by atoms with Gasteiger partial charge in [-0.3, -0.25) is 4.79 Å². The molecular weight excluding hydrogens is 260 g/mol. The second-order valence-electron chi connectivity index (χ2n) is 4.50. The lowest BCUT2D eigenvalue weighted by Gasteiger charge is -2.14. The minimum absolute atomic E-state index is 0.0598. The van der Waals surface area contributed by atoms with E-state index in [1.54, 1.807) is 0 Å². The highest BCUT2D eigenvalue weighted by atomic mass is 32.1. The third-order valence-corrected chi connectivity index (χ3v) is 4.17. The predicted molar refractivity (Wildman–Crippen MR) is 76.1 cm³/mol. The molecule has 2 unspecified atom stereocenters. The number of carbonyl (C=O) groups excluding carboxylic acids is 1. The molecule has 3 N–H and O–H groups in total. The topological polar surface area (TPSA) is 64.3 Å². The van der Waals surface area contributed by atoms with E-state index in [1.807, 2.05) is 18.4 Å². The monoisotopic (exact) mass is 278 g/mol. The van der Waals surface area contributed by atoms with Gasteiger partial charge in [0.05, 0.1) is 12.6 Å². The lowest BCUT2D eigenvalue weighted by molar-refractivity contribution is 0.0910. The van der Waals surface area contributed by atoms with Crippen molar-refractivity contribution >= 4 is 17.2 Å². The Morgan fingerprint density at radius 1 is 1.68 bits per heavy atom. The van der Waals surface area contributed by atoms with Crippen molar-refractivity contribution < 1.29 is 9.53 Å². The molecule has 0 bridgehead atoms. The van der Waals surface area contributed by atoms with E-state index in [2.05, 4.69) is 17.2 Å². The summed E-state index contributed by atoms with van der Waals surface area (Å²) in [7, 11) is 0. The second-order valence-corrected chi connectivity index (χ2v) is 5.42. The van der Waals surface area contributed by atoms with Gasteiger partial charge in [0, 0.05) is 24.6 Å². The van der Waals surface area contributed by atoms with Crippen LogP contribution in [0.3, 0.4) is 0 Å². The fraction of sp³-hybridized carbons (Fsp3) is 0.500. The largest absolute Gasteiger partial charge is 0.378 e. The van der Waals surface area contributed by atoms with Crippen molar-refractivity contribution in [2.45, 2.75) is 19.4 Å². The van der Waals surface area contributed by atoms with Crippen molar-refractivity contribution in [3.8, 4) is 11.8 Å². The Hall–Kier alpha value is -1.35. The molecule has 1 aliphatic heterocycles. The van der Waals surface area contributed by atoms with Gasteiger partial charge < -0.3 is 15.8 Å². The zero-order chi connectivity index (χ0) is 13.7. The zero-order valence-corrected chi connectivity index (χ0v) is 11.8. The molecular formula is C14H18N2O2S. The Morgan fingerprint density at radius 2 is 2.53 bits per heavy atom. The molecule has 2 rings (SSSR count). The Morgan fingerprint density at radius 3 is 3.21 bits per heavy atom. The van der Waals surface area contributed by atoms with Crippen LogP contribution in [0.15, 0.2) is 11.4 Å². The summed E-state index contributed by atoms with van der Waals surface area (Å²) in [4.78, 5) is 12.8. The summed E-state index contributed by atoms with van der Waals surface area (Å²) in [5.74, 6) is 6.04. The standard InChI is InChI=1S/C14H18N2O2S/c1-10-12(4-7-18-10)9-16-14(17)13-11(3-2-6-15)5-8-19-13/h5,8,10,12H,4,6-7,9,15H2,1H3,(H,16,17). The molecule has 0 aromatic carbocycles. The highest BCUT2D eigenvalue weighted by molar-refractivity contribution is 7.12. The Labute approximate surface area is 117 Å². The molecule has 5 heteroatoms. The number of rotatable bonds is 3. The Kier molecular flexibility index (Phi) is 4.97. The fourth-order valence-electron chi connectivity index (χ4n) is 2.08. The molecule has 1 amide bonds. The summed E-state index contributed by atoms with van der Waals surface area (Å²) in [5.41, 5.74) is 6.10. The van der Waals surface area contributed by atoms with Crippen molar-refractivity contribution in [3.63, 3.8) is 0 Å². The number of nitrogens with two attached hydrogens (primary N) is 1. The van der Waals surface area contributed by atoms with E-state index < -0.39 is 0 Å². The van der Waals surface area contributed by atoms with Gasteiger partial charge in [0.1, 0.15) is 4.88 Å². The molecule has 1 fully saturated rings. The molecule has 102 valence electrons. The van der Waals surface area contributed by atoms with Crippen molar-refractivity contribution in [2.24, 2.45) is 11.7 Å². The molecule has 4 nitrogen and oxygen atoms in total. The molecule has 0 spiro atoms. The maximum absolute atomic E-state index is 12.1. The third-order valence-electron chi connectivity index (χ3n) is 3.25. The number of nitrogens with one attached hydrogen (secondary N) is 1. The number of thiophene rings is 1. The van der Waals surface area contributed by atoms with Crippen LogP contribution in [-0.4, -0.2) is 31.7 Å². The van der Waals surface area contributed by atoms with E-state index in [9.17, 15) is 4.79 Å². The number of carbonyl (C=O) groups is 1. The van der Waals surface area contributed by atoms with Crippen molar-refractivity contribution in [1.29, 1.82) is 0 Å². The van der Waals surface area contributed by atoms with Crippen LogP contribution < -0.4 is 11.1 Å². The number of amides is 1. The van der Waals surface area contributed by atoms with Crippen LogP contribution in [0.1, 0.15) is 28.6 Å². The normalized spacial score (nSPS) is 21.8. The first kappa shape index (κ1) is 14.1. The SMILES string of the molecule is CC1OCCC1CNC(=O)c1sccc1C#CCN. The summed E-state index contributed by atoms with van der Waals surface area (Å²) in [6, 6.07) is 1.85. The fourth-order valence-corrected chi connectivity index (χ4v) is 2.84. The molecule has 2 heterocycles. The first-order valence-corrected chi connectivity index (χ1v) is 7.26. The number of hydrogen-bond donors (Lipinski definition) is 2. The minimum Gasteiger partial charge on any atom is -0.378 e. The lowest BCUT2D eigenvalue weighted by atomic mass is 10.0. The van der Waals surface area contributed by atoms with Gasteiger partial charge >= 0.3 is 0 Å². The maximum atomic E-state index is 12.1. The lowest BCUT2D eigenvalue weighted by Crippen LogP contribution is -2.31. The van der Waals surface area contributed by atoms with Crippen molar-refractivity contribution in [2.75, 3.05) is 19.7 Å².